The van der Waals surface area contributed by atoms with Gasteiger partial charge in [-0.2, -0.15) is 0 Å². The predicted molar refractivity (Wildman–Crippen MR) is 55.6 cm³/mol. The van der Waals surface area contributed by atoms with Gasteiger partial charge in [-0.05, 0) is 26.0 Å². The number of hydrogen-bond acceptors (Lipinski definition) is 4. The quantitative estimate of drug-likeness (QED) is 0.421. The molecule has 2 N–H and O–H groups in total. The summed E-state index contributed by atoms with van der Waals surface area (Å²) >= 11 is 0. The van der Waals surface area contributed by atoms with Gasteiger partial charge in [-0.3, -0.25) is 4.40 Å². The highest BCUT2D eigenvalue weighted by molar-refractivity contribution is 5.98. The smallest absolute Gasteiger partial charge is 0.180 e. The topological polar surface area (TPSA) is 70.1 Å². The van der Waals surface area contributed by atoms with Crippen LogP contribution in [0.5, 0.6) is 5.75 Å². The summed E-state index contributed by atoms with van der Waals surface area (Å²) in [7, 11) is 0. The van der Waals surface area contributed by atoms with Crippen LogP contribution in [0, 0.1) is 6.92 Å². The Hall–Kier alpha value is -2.04. The molecule has 0 aliphatic carbocycles. The Balaban J connectivity index is 2.85. The van der Waals surface area contributed by atoms with Crippen molar-refractivity contribution in [2.45, 2.75) is 13.8 Å². The zero-order valence-corrected chi connectivity index (χ0v) is 8.47. The second kappa shape index (κ2) is 3.27. The van der Waals surface area contributed by atoms with Crippen molar-refractivity contribution >= 4 is 11.4 Å². The Morgan fingerprint density at radius 3 is 2.93 bits per heavy atom. The third-order valence-corrected chi connectivity index (χ3v) is 2.30. The number of rotatable bonds is 1. The largest absolute Gasteiger partial charge is 0.504 e. The maximum atomic E-state index is 9.58. The normalized spacial score (nSPS) is 12.3. The number of nitrogens with zero attached hydrogens (tertiary/aromatic N) is 3. The van der Waals surface area contributed by atoms with Crippen LogP contribution in [0.2, 0.25) is 0 Å². The Labute approximate surface area is 86.3 Å². The van der Waals surface area contributed by atoms with Crippen LogP contribution in [0.15, 0.2) is 23.5 Å². The molecule has 2 rings (SSSR count). The highest BCUT2D eigenvalue weighted by Gasteiger charge is 2.13. The van der Waals surface area contributed by atoms with E-state index in [0.29, 0.717) is 22.7 Å². The molecule has 0 atom stereocenters. The van der Waals surface area contributed by atoms with Gasteiger partial charge in [-0.1, -0.05) is 5.16 Å². The summed E-state index contributed by atoms with van der Waals surface area (Å²) in [5.41, 5.74) is 2.34. The van der Waals surface area contributed by atoms with Crippen LogP contribution in [-0.2, 0) is 0 Å². The third-order valence-electron chi connectivity index (χ3n) is 2.30. The predicted octanol–water partition coefficient (Wildman–Crippen LogP) is 1.55. The molecule has 5 heteroatoms. The molecular weight excluding hydrogens is 194 g/mol. The molecule has 15 heavy (non-hydrogen) atoms. The van der Waals surface area contributed by atoms with Crippen molar-refractivity contribution in [2.75, 3.05) is 0 Å². The number of aromatic hydroxyl groups is 1. The van der Waals surface area contributed by atoms with Gasteiger partial charge in [0.15, 0.2) is 11.4 Å². The van der Waals surface area contributed by atoms with E-state index in [0.717, 1.165) is 0 Å². The molecular formula is C10H11N3O2. The van der Waals surface area contributed by atoms with Gasteiger partial charge in [-0.25, -0.2) is 4.98 Å². The van der Waals surface area contributed by atoms with Gasteiger partial charge >= 0.3 is 0 Å². The number of aryl methyl sites for hydroxylation is 1. The molecule has 0 aliphatic heterocycles. The van der Waals surface area contributed by atoms with Crippen LogP contribution in [0.1, 0.15) is 18.3 Å². The van der Waals surface area contributed by atoms with Crippen molar-refractivity contribution in [2.24, 2.45) is 5.16 Å². The van der Waals surface area contributed by atoms with Gasteiger partial charge in [0.1, 0.15) is 5.71 Å². The van der Waals surface area contributed by atoms with E-state index in [-0.39, 0.29) is 5.75 Å². The molecule has 2 heterocycles. The standard InChI is InChI=1S/C10H11N3O2/c1-6-9(7(2)12-15)13-5-3-4-8(14)10(13)11-6/h3-5,14-15H,1-2H3/b12-7-. The summed E-state index contributed by atoms with van der Waals surface area (Å²) < 4.78 is 1.69. The lowest BCUT2D eigenvalue weighted by Crippen LogP contribution is -2.01. The minimum absolute atomic E-state index is 0.109. The van der Waals surface area contributed by atoms with E-state index >= 15 is 0 Å². The van der Waals surface area contributed by atoms with E-state index in [2.05, 4.69) is 10.1 Å². The van der Waals surface area contributed by atoms with Crippen molar-refractivity contribution in [3.8, 4) is 5.75 Å². The second-order valence-electron chi connectivity index (χ2n) is 3.32. The first-order chi connectivity index (χ1) is 7.15. The Bertz CT molecular complexity index is 543. The van der Waals surface area contributed by atoms with Gasteiger partial charge in [0.25, 0.3) is 0 Å². The zero-order valence-electron chi connectivity index (χ0n) is 8.47. The van der Waals surface area contributed by atoms with Gasteiger partial charge < -0.3 is 10.3 Å². The summed E-state index contributed by atoms with van der Waals surface area (Å²) in [5, 5.41) is 21.5. The van der Waals surface area contributed by atoms with Crippen LogP contribution < -0.4 is 0 Å². The summed E-state index contributed by atoms with van der Waals surface area (Å²) in [6, 6.07) is 3.27. The lowest BCUT2D eigenvalue weighted by atomic mass is 10.2. The molecule has 0 aromatic carbocycles. The fourth-order valence-electron chi connectivity index (χ4n) is 1.65. The number of hydrogen-bond donors (Lipinski definition) is 2. The summed E-state index contributed by atoms with van der Waals surface area (Å²) in [6.45, 7) is 3.48. The molecule has 0 unspecified atom stereocenters. The molecule has 0 spiro atoms. The molecule has 0 bridgehead atoms. The molecule has 0 saturated heterocycles. The SMILES string of the molecule is C/C(=N/O)c1c(C)nc2c(O)cccn12. The van der Waals surface area contributed by atoms with Crippen LogP contribution >= 0.6 is 0 Å². The molecule has 0 radical (unpaired) electrons. The fourth-order valence-corrected chi connectivity index (χ4v) is 1.65. The number of imidazole rings is 1. The minimum atomic E-state index is 0.109. The van der Waals surface area contributed by atoms with Crippen molar-refractivity contribution in [3.05, 3.63) is 29.7 Å². The van der Waals surface area contributed by atoms with Crippen molar-refractivity contribution < 1.29 is 10.3 Å². The average molecular weight is 205 g/mol. The molecule has 0 aliphatic rings. The van der Waals surface area contributed by atoms with E-state index in [9.17, 15) is 5.11 Å². The van der Waals surface area contributed by atoms with Crippen LogP contribution in [-0.4, -0.2) is 25.4 Å². The first-order valence-corrected chi connectivity index (χ1v) is 4.51. The maximum absolute atomic E-state index is 9.58. The van der Waals surface area contributed by atoms with Crippen LogP contribution in [0.3, 0.4) is 0 Å². The summed E-state index contributed by atoms with van der Waals surface area (Å²) in [4.78, 5) is 4.20. The van der Waals surface area contributed by atoms with Gasteiger partial charge in [0, 0.05) is 6.20 Å². The molecule has 5 nitrogen and oxygen atoms in total. The van der Waals surface area contributed by atoms with Gasteiger partial charge in [-0.15, -0.1) is 0 Å². The second-order valence-corrected chi connectivity index (χ2v) is 3.32. The lowest BCUT2D eigenvalue weighted by Gasteiger charge is -2.00. The molecule has 0 amide bonds. The zero-order chi connectivity index (χ0) is 11.0. The molecule has 0 fully saturated rings. The van der Waals surface area contributed by atoms with Crippen LogP contribution in [0.4, 0.5) is 0 Å². The Morgan fingerprint density at radius 2 is 2.27 bits per heavy atom. The fraction of sp³-hybridized carbons (Fsp3) is 0.200. The number of aromatic nitrogens is 2. The van der Waals surface area contributed by atoms with E-state index in [1.807, 2.05) is 0 Å². The maximum Gasteiger partial charge on any atom is 0.180 e. The Kier molecular flexibility index (Phi) is 2.07. The number of pyridine rings is 1. The van der Waals surface area contributed by atoms with Gasteiger partial charge in [0.2, 0.25) is 0 Å². The van der Waals surface area contributed by atoms with Gasteiger partial charge in [0.05, 0.1) is 11.4 Å². The number of oxime groups is 1. The average Bonchev–Trinajstić information content (AvgIpc) is 2.55. The molecule has 0 saturated carbocycles. The van der Waals surface area contributed by atoms with Crippen molar-refractivity contribution in [1.82, 2.24) is 9.38 Å². The molecule has 78 valence electrons. The lowest BCUT2D eigenvalue weighted by molar-refractivity contribution is 0.319. The first kappa shape index (κ1) is 9.51. The highest BCUT2D eigenvalue weighted by atomic mass is 16.4. The number of fused-ring (bicyclic) bond motifs is 1. The van der Waals surface area contributed by atoms with E-state index in [4.69, 9.17) is 5.21 Å². The minimum Gasteiger partial charge on any atom is -0.504 e. The highest BCUT2D eigenvalue weighted by Crippen LogP contribution is 2.20. The Morgan fingerprint density at radius 1 is 1.53 bits per heavy atom. The van der Waals surface area contributed by atoms with E-state index in [1.54, 1.807) is 36.6 Å². The van der Waals surface area contributed by atoms with Crippen LogP contribution in [0.25, 0.3) is 5.65 Å². The van der Waals surface area contributed by atoms with E-state index in [1.165, 1.54) is 0 Å². The van der Waals surface area contributed by atoms with E-state index < -0.39 is 0 Å². The van der Waals surface area contributed by atoms with Crippen molar-refractivity contribution in [1.29, 1.82) is 0 Å². The monoisotopic (exact) mass is 205 g/mol. The third kappa shape index (κ3) is 1.32. The summed E-state index contributed by atoms with van der Waals surface area (Å²) in [5.74, 6) is 0.109. The molecule has 2 aromatic rings. The van der Waals surface area contributed by atoms with Crippen molar-refractivity contribution in [3.63, 3.8) is 0 Å². The summed E-state index contributed by atoms with van der Waals surface area (Å²) in [6.07, 6.45) is 1.76. The molecule has 2 aromatic heterocycles. The first-order valence-electron chi connectivity index (χ1n) is 4.51.